The number of hydrogen-bond acceptors (Lipinski definition) is 7. The van der Waals surface area contributed by atoms with E-state index in [1.807, 2.05) is 42.5 Å². The van der Waals surface area contributed by atoms with E-state index in [-0.39, 0.29) is 25.0 Å². The third kappa shape index (κ3) is 2.73. The number of fused-ring (bicyclic) bond motifs is 5. The molecule has 1 saturated heterocycles. The number of ether oxygens (including phenoxy) is 2. The summed E-state index contributed by atoms with van der Waals surface area (Å²) in [4.78, 5) is 32.4. The maximum absolute atomic E-state index is 13.8. The van der Waals surface area contributed by atoms with E-state index in [9.17, 15) is 9.59 Å². The van der Waals surface area contributed by atoms with Gasteiger partial charge in [-0.2, -0.15) is 5.21 Å². The van der Waals surface area contributed by atoms with Crippen LogP contribution in [0.4, 0.5) is 0 Å². The topological polar surface area (TPSA) is 138 Å². The number of hydrogen-bond donors (Lipinski definition) is 3. The Balaban J connectivity index is 1.39. The predicted molar refractivity (Wildman–Crippen MR) is 117 cm³/mol. The first kappa shape index (κ1) is 19.1. The second kappa shape index (κ2) is 7.04. The van der Waals surface area contributed by atoms with Crippen molar-refractivity contribution in [3.8, 4) is 11.5 Å². The third-order valence-electron chi connectivity index (χ3n) is 6.79. The van der Waals surface area contributed by atoms with E-state index in [0.29, 0.717) is 23.7 Å². The molecule has 34 heavy (non-hydrogen) atoms. The Hall–Kier alpha value is -4.41. The van der Waals surface area contributed by atoms with Crippen LogP contribution in [0.1, 0.15) is 28.7 Å². The van der Waals surface area contributed by atoms with Crippen LogP contribution in [0, 0.1) is 0 Å². The van der Waals surface area contributed by atoms with E-state index in [0.717, 1.165) is 27.7 Å². The minimum Gasteiger partial charge on any atom is -0.454 e. The quantitative estimate of drug-likeness (QED) is 0.417. The molecule has 3 N–H and O–H groups in total. The van der Waals surface area contributed by atoms with Gasteiger partial charge in [-0.25, -0.2) is 0 Å². The third-order valence-corrected chi connectivity index (χ3v) is 6.79. The van der Waals surface area contributed by atoms with Crippen LogP contribution in [0.5, 0.6) is 11.5 Å². The van der Waals surface area contributed by atoms with E-state index in [1.54, 1.807) is 4.90 Å². The van der Waals surface area contributed by atoms with Crippen molar-refractivity contribution < 1.29 is 19.1 Å². The largest absolute Gasteiger partial charge is 0.454 e. The Morgan fingerprint density at radius 1 is 1.09 bits per heavy atom. The molecule has 4 aromatic rings. The highest BCUT2D eigenvalue weighted by atomic mass is 16.7. The van der Waals surface area contributed by atoms with Crippen LogP contribution in [0.3, 0.4) is 0 Å². The van der Waals surface area contributed by atoms with Gasteiger partial charge >= 0.3 is 0 Å². The minimum absolute atomic E-state index is 0.151. The smallest absolute Gasteiger partial charge is 0.247 e. The standard InChI is InChI=1S/C23H19N7O4/c31-22-16-8-13-12-3-1-2-4-14(12)24-20(13)21(11-5-6-17-18(7-11)34-10-33-17)30(16)23(32)15(25-22)9-19-26-28-29-27-19/h1-7,15-16,21,24H,8-10H2,(H,25,31)(H,26,27,28,29)/t15-,16?,21+/m0/s1. The number of aromatic nitrogens is 5. The number of benzene rings is 2. The summed E-state index contributed by atoms with van der Waals surface area (Å²) in [5, 5.41) is 17.8. The molecule has 2 amide bonds. The van der Waals surface area contributed by atoms with Gasteiger partial charge in [0.1, 0.15) is 12.1 Å². The van der Waals surface area contributed by atoms with Gasteiger partial charge in [-0.3, -0.25) is 9.59 Å². The van der Waals surface area contributed by atoms with E-state index < -0.39 is 18.1 Å². The highest BCUT2D eigenvalue weighted by Crippen LogP contribution is 2.44. The number of carbonyl (C=O) groups excluding carboxylic acids is 2. The molecular formula is C23H19N7O4. The minimum atomic E-state index is -0.788. The van der Waals surface area contributed by atoms with Gasteiger partial charge in [0.2, 0.25) is 18.6 Å². The van der Waals surface area contributed by atoms with Crippen LogP contribution in [-0.4, -0.2) is 61.2 Å². The summed E-state index contributed by atoms with van der Waals surface area (Å²) in [5.41, 5.74) is 3.74. The maximum atomic E-state index is 13.8. The van der Waals surface area contributed by atoms with Crippen molar-refractivity contribution in [2.45, 2.75) is 31.0 Å². The fraction of sp³-hybridized carbons (Fsp3) is 0.261. The molecule has 7 rings (SSSR count). The van der Waals surface area contributed by atoms with Crippen molar-refractivity contribution in [2.75, 3.05) is 6.79 Å². The second-order valence-electron chi connectivity index (χ2n) is 8.64. The summed E-state index contributed by atoms with van der Waals surface area (Å²) in [5.74, 6) is 1.25. The first-order chi connectivity index (χ1) is 16.7. The highest BCUT2D eigenvalue weighted by molar-refractivity contribution is 5.99. The van der Waals surface area contributed by atoms with Gasteiger partial charge in [-0.1, -0.05) is 29.5 Å². The summed E-state index contributed by atoms with van der Waals surface area (Å²) in [7, 11) is 0. The molecule has 170 valence electrons. The van der Waals surface area contributed by atoms with Gasteiger partial charge in [-0.15, -0.1) is 10.2 Å². The lowest BCUT2D eigenvalue weighted by atomic mass is 9.85. The summed E-state index contributed by atoms with van der Waals surface area (Å²) in [6.45, 7) is 0.154. The van der Waals surface area contributed by atoms with E-state index in [4.69, 9.17) is 9.47 Å². The maximum Gasteiger partial charge on any atom is 0.247 e. The van der Waals surface area contributed by atoms with Crippen LogP contribution in [0.15, 0.2) is 42.5 Å². The molecule has 0 aliphatic carbocycles. The van der Waals surface area contributed by atoms with Crippen molar-refractivity contribution in [2.24, 2.45) is 0 Å². The number of H-pyrrole nitrogens is 2. The molecule has 0 radical (unpaired) electrons. The number of amides is 2. The molecule has 2 aromatic carbocycles. The lowest BCUT2D eigenvalue weighted by Gasteiger charge is -2.46. The lowest BCUT2D eigenvalue weighted by molar-refractivity contribution is -0.152. The Morgan fingerprint density at radius 2 is 1.97 bits per heavy atom. The molecule has 5 heterocycles. The van der Waals surface area contributed by atoms with Gasteiger partial charge < -0.3 is 24.7 Å². The van der Waals surface area contributed by atoms with Crippen LogP contribution in [0.2, 0.25) is 0 Å². The SMILES string of the molecule is O=C1N[C@@H](Cc2nn[nH]n2)C(=O)N2C1Cc1c([nH]c3ccccc13)[C@H]2c1ccc2c(c1)OCO2. The first-order valence-corrected chi connectivity index (χ1v) is 11.0. The molecular weight excluding hydrogens is 438 g/mol. The molecule has 1 unspecified atom stereocenters. The Bertz CT molecular complexity index is 1450. The fourth-order valence-corrected chi connectivity index (χ4v) is 5.29. The summed E-state index contributed by atoms with van der Waals surface area (Å²) < 4.78 is 11.1. The number of nitrogens with zero attached hydrogens (tertiary/aromatic N) is 4. The van der Waals surface area contributed by atoms with E-state index in [2.05, 4.69) is 30.9 Å². The molecule has 1 fully saturated rings. The van der Waals surface area contributed by atoms with Crippen LogP contribution < -0.4 is 14.8 Å². The number of para-hydroxylation sites is 1. The van der Waals surface area contributed by atoms with Gasteiger partial charge in [0, 0.05) is 29.4 Å². The van der Waals surface area contributed by atoms with Gasteiger partial charge in [0.15, 0.2) is 17.3 Å². The molecule has 2 aromatic heterocycles. The lowest BCUT2D eigenvalue weighted by Crippen LogP contribution is -2.66. The Morgan fingerprint density at radius 3 is 2.85 bits per heavy atom. The first-order valence-electron chi connectivity index (χ1n) is 11.0. The van der Waals surface area contributed by atoms with Gasteiger partial charge in [-0.05, 0) is 29.3 Å². The summed E-state index contributed by atoms with van der Waals surface area (Å²) >= 11 is 0. The van der Waals surface area contributed by atoms with Gasteiger partial charge in [0.05, 0.1) is 6.04 Å². The normalized spacial score (nSPS) is 23.1. The van der Waals surface area contributed by atoms with Crippen molar-refractivity contribution in [1.82, 2.24) is 35.8 Å². The Labute approximate surface area is 192 Å². The van der Waals surface area contributed by atoms with E-state index >= 15 is 0 Å². The Kier molecular flexibility index (Phi) is 3.96. The zero-order valence-electron chi connectivity index (χ0n) is 17.8. The average molecular weight is 457 g/mol. The van der Waals surface area contributed by atoms with Crippen molar-refractivity contribution in [3.05, 3.63) is 65.1 Å². The van der Waals surface area contributed by atoms with E-state index in [1.165, 1.54) is 0 Å². The number of rotatable bonds is 3. The number of tetrazole rings is 1. The second-order valence-corrected chi connectivity index (χ2v) is 8.64. The van der Waals surface area contributed by atoms with Gasteiger partial charge in [0.25, 0.3) is 0 Å². The zero-order chi connectivity index (χ0) is 22.8. The molecule has 3 atom stereocenters. The molecule has 0 bridgehead atoms. The average Bonchev–Trinajstić information content (AvgIpc) is 3.60. The van der Waals surface area contributed by atoms with Crippen molar-refractivity contribution in [3.63, 3.8) is 0 Å². The van der Waals surface area contributed by atoms with Crippen molar-refractivity contribution in [1.29, 1.82) is 0 Å². The fourth-order valence-electron chi connectivity index (χ4n) is 5.29. The molecule has 3 aliphatic heterocycles. The summed E-state index contributed by atoms with van der Waals surface area (Å²) in [6.07, 6.45) is 0.574. The number of carbonyl (C=O) groups is 2. The molecule has 11 nitrogen and oxygen atoms in total. The molecule has 0 saturated carbocycles. The number of piperazine rings is 1. The highest BCUT2D eigenvalue weighted by Gasteiger charge is 2.49. The number of nitrogens with one attached hydrogen (secondary N) is 3. The predicted octanol–water partition coefficient (Wildman–Crippen LogP) is 0.993. The molecule has 11 heteroatoms. The number of aromatic amines is 2. The van der Waals surface area contributed by atoms with Crippen LogP contribution >= 0.6 is 0 Å². The summed E-state index contributed by atoms with van der Waals surface area (Å²) in [6, 6.07) is 11.7. The zero-order valence-corrected chi connectivity index (χ0v) is 17.8. The van der Waals surface area contributed by atoms with Crippen LogP contribution in [0.25, 0.3) is 10.9 Å². The van der Waals surface area contributed by atoms with Crippen LogP contribution in [-0.2, 0) is 22.4 Å². The monoisotopic (exact) mass is 457 g/mol. The molecule has 3 aliphatic rings. The van der Waals surface area contributed by atoms with Crippen molar-refractivity contribution >= 4 is 22.7 Å². The molecule has 0 spiro atoms.